The molecule has 1 aliphatic rings. The Balaban J connectivity index is 1.55. The molecule has 28 heavy (non-hydrogen) atoms. The van der Waals surface area contributed by atoms with Gasteiger partial charge in [0.2, 0.25) is 10.0 Å². The molecule has 3 heterocycles. The van der Waals surface area contributed by atoms with E-state index in [4.69, 9.17) is 0 Å². The Bertz CT molecular complexity index is 1030. The molecule has 1 N–H and O–H groups in total. The number of anilines is 2. The van der Waals surface area contributed by atoms with Gasteiger partial charge in [-0.05, 0) is 30.5 Å². The van der Waals surface area contributed by atoms with Gasteiger partial charge in [-0.15, -0.1) is 0 Å². The highest BCUT2D eigenvalue weighted by Gasteiger charge is 2.36. The molecule has 4 rings (SSSR count). The molecular formula is C20H21N5O2S. The Kier molecular flexibility index (Phi) is 5.31. The minimum atomic E-state index is -3.45. The number of aromatic nitrogens is 3. The Hall–Kier alpha value is -2.84. The van der Waals surface area contributed by atoms with Crippen molar-refractivity contribution in [3.63, 3.8) is 0 Å². The molecule has 1 aromatic carbocycles. The van der Waals surface area contributed by atoms with Gasteiger partial charge in [0.05, 0.1) is 29.9 Å². The third-order valence-corrected chi connectivity index (χ3v) is 6.52. The molecule has 0 bridgehead atoms. The lowest BCUT2D eigenvalue weighted by molar-refractivity contribution is 0.389. The lowest BCUT2D eigenvalue weighted by atomic mass is 10.2. The van der Waals surface area contributed by atoms with Crippen molar-refractivity contribution in [2.45, 2.75) is 24.6 Å². The van der Waals surface area contributed by atoms with Crippen LogP contribution in [-0.2, 0) is 15.8 Å². The number of nitrogens with one attached hydrogen (secondary N) is 1. The number of benzene rings is 1. The van der Waals surface area contributed by atoms with Crippen LogP contribution in [0.25, 0.3) is 0 Å². The van der Waals surface area contributed by atoms with Crippen molar-refractivity contribution in [1.29, 1.82) is 0 Å². The van der Waals surface area contributed by atoms with Gasteiger partial charge < -0.3 is 5.32 Å². The molecule has 7 nitrogen and oxygen atoms in total. The summed E-state index contributed by atoms with van der Waals surface area (Å²) in [5, 5.41) is 3.11. The zero-order valence-corrected chi connectivity index (χ0v) is 16.1. The molecule has 8 heteroatoms. The van der Waals surface area contributed by atoms with Gasteiger partial charge in [0, 0.05) is 12.7 Å². The molecule has 1 fully saturated rings. The molecule has 0 aliphatic carbocycles. The van der Waals surface area contributed by atoms with E-state index in [2.05, 4.69) is 20.3 Å². The van der Waals surface area contributed by atoms with Crippen molar-refractivity contribution < 1.29 is 8.42 Å². The predicted molar refractivity (Wildman–Crippen MR) is 107 cm³/mol. The maximum absolute atomic E-state index is 13.0. The zero-order valence-electron chi connectivity index (χ0n) is 15.3. The van der Waals surface area contributed by atoms with Gasteiger partial charge in [-0.1, -0.05) is 36.4 Å². The molecule has 0 saturated carbocycles. The van der Waals surface area contributed by atoms with E-state index in [0.29, 0.717) is 23.9 Å². The molecule has 0 spiro atoms. The SMILES string of the molecule is O=S(=O)(Cc1ccccc1)N1CCCC1c1cncc(Nc2ccccn2)n1. The third-order valence-electron chi connectivity index (χ3n) is 4.67. The third kappa shape index (κ3) is 4.18. The first-order valence-corrected chi connectivity index (χ1v) is 10.8. The van der Waals surface area contributed by atoms with E-state index in [1.807, 2.05) is 48.5 Å². The van der Waals surface area contributed by atoms with Gasteiger partial charge in [0.1, 0.15) is 11.6 Å². The molecule has 1 unspecified atom stereocenters. The Morgan fingerprint density at radius 2 is 1.86 bits per heavy atom. The number of hydrogen-bond donors (Lipinski definition) is 1. The molecular weight excluding hydrogens is 374 g/mol. The number of sulfonamides is 1. The summed E-state index contributed by atoms with van der Waals surface area (Å²) in [5.74, 6) is 1.20. The fourth-order valence-corrected chi connectivity index (χ4v) is 5.19. The second-order valence-electron chi connectivity index (χ2n) is 6.68. The van der Waals surface area contributed by atoms with E-state index in [0.717, 1.165) is 18.4 Å². The highest BCUT2D eigenvalue weighted by molar-refractivity contribution is 7.88. The monoisotopic (exact) mass is 395 g/mol. The van der Waals surface area contributed by atoms with Crippen LogP contribution in [0.15, 0.2) is 67.1 Å². The molecule has 0 amide bonds. The van der Waals surface area contributed by atoms with Crippen molar-refractivity contribution >= 4 is 21.7 Å². The van der Waals surface area contributed by atoms with Crippen LogP contribution >= 0.6 is 0 Å². The van der Waals surface area contributed by atoms with Gasteiger partial charge in [-0.3, -0.25) is 4.98 Å². The molecule has 3 aromatic rings. The van der Waals surface area contributed by atoms with Crippen LogP contribution in [0.3, 0.4) is 0 Å². The largest absolute Gasteiger partial charge is 0.324 e. The predicted octanol–water partition coefficient (Wildman–Crippen LogP) is 3.28. The smallest absolute Gasteiger partial charge is 0.218 e. The highest BCUT2D eigenvalue weighted by Crippen LogP contribution is 2.34. The van der Waals surface area contributed by atoms with Gasteiger partial charge >= 0.3 is 0 Å². The Morgan fingerprint density at radius 3 is 2.64 bits per heavy atom. The van der Waals surface area contributed by atoms with Crippen LogP contribution in [0, 0.1) is 0 Å². The number of rotatable bonds is 6. The van der Waals surface area contributed by atoms with E-state index < -0.39 is 10.0 Å². The summed E-state index contributed by atoms with van der Waals surface area (Å²) in [4.78, 5) is 13.1. The van der Waals surface area contributed by atoms with Crippen molar-refractivity contribution in [3.05, 3.63) is 78.4 Å². The van der Waals surface area contributed by atoms with E-state index >= 15 is 0 Å². The fourth-order valence-electron chi connectivity index (χ4n) is 3.41. The molecule has 144 valence electrons. The van der Waals surface area contributed by atoms with Gasteiger partial charge in [0.25, 0.3) is 0 Å². The summed E-state index contributed by atoms with van der Waals surface area (Å²) < 4.78 is 27.6. The van der Waals surface area contributed by atoms with E-state index in [1.54, 1.807) is 22.9 Å². The first kappa shape index (κ1) is 18.5. The average molecular weight is 395 g/mol. The molecule has 1 saturated heterocycles. The number of hydrogen-bond acceptors (Lipinski definition) is 6. The van der Waals surface area contributed by atoms with E-state index in [-0.39, 0.29) is 11.8 Å². The summed E-state index contributed by atoms with van der Waals surface area (Å²) >= 11 is 0. The summed E-state index contributed by atoms with van der Waals surface area (Å²) in [7, 11) is -3.45. The van der Waals surface area contributed by atoms with Crippen LogP contribution in [0.2, 0.25) is 0 Å². The van der Waals surface area contributed by atoms with Gasteiger partial charge in [-0.2, -0.15) is 4.31 Å². The minimum Gasteiger partial charge on any atom is -0.324 e. The summed E-state index contributed by atoms with van der Waals surface area (Å²) in [5.41, 5.74) is 1.43. The van der Waals surface area contributed by atoms with Crippen molar-refractivity contribution in [2.24, 2.45) is 0 Å². The number of nitrogens with zero attached hydrogens (tertiary/aromatic N) is 4. The lowest BCUT2D eigenvalue weighted by Gasteiger charge is -2.24. The van der Waals surface area contributed by atoms with Crippen LogP contribution in [0.1, 0.15) is 30.1 Å². The fraction of sp³-hybridized carbons (Fsp3) is 0.250. The van der Waals surface area contributed by atoms with Gasteiger partial charge in [-0.25, -0.2) is 18.4 Å². The van der Waals surface area contributed by atoms with Crippen LogP contribution in [-0.4, -0.2) is 34.2 Å². The highest BCUT2D eigenvalue weighted by atomic mass is 32.2. The molecule has 1 aliphatic heterocycles. The number of pyridine rings is 1. The Labute approximate surface area is 164 Å². The maximum atomic E-state index is 13.0. The van der Waals surface area contributed by atoms with E-state index in [1.165, 1.54) is 0 Å². The van der Waals surface area contributed by atoms with Crippen LogP contribution in [0.4, 0.5) is 11.6 Å². The normalized spacial score (nSPS) is 17.5. The van der Waals surface area contributed by atoms with Gasteiger partial charge in [0.15, 0.2) is 0 Å². The quantitative estimate of drug-likeness (QED) is 0.689. The van der Waals surface area contributed by atoms with Crippen LogP contribution in [0.5, 0.6) is 0 Å². The zero-order chi connectivity index (χ0) is 19.4. The first-order valence-electron chi connectivity index (χ1n) is 9.15. The summed E-state index contributed by atoms with van der Waals surface area (Å²) in [6.45, 7) is 0.499. The minimum absolute atomic E-state index is 0.0103. The molecule has 2 aromatic heterocycles. The van der Waals surface area contributed by atoms with Crippen molar-refractivity contribution in [3.8, 4) is 0 Å². The molecule has 1 atom stereocenters. The standard InChI is InChI=1S/C20H21N5O2S/c26-28(27,15-16-7-2-1-3-8-16)25-12-6-9-18(25)17-13-21-14-20(23-17)24-19-10-4-5-11-22-19/h1-5,7-8,10-11,13-14,18H,6,9,12,15H2,(H,22,23,24). The second kappa shape index (κ2) is 8.04. The first-order chi connectivity index (χ1) is 13.6. The summed E-state index contributed by atoms with van der Waals surface area (Å²) in [6.07, 6.45) is 6.48. The average Bonchev–Trinajstić information content (AvgIpc) is 3.21. The Morgan fingerprint density at radius 1 is 1.04 bits per heavy atom. The van der Waals surface area contributed by atoms with Crippen LogP contribution < -0.4 is 5.32 Å². The second-order valence-corrected chi connectivity index (χ2v) is 8.60. The maximum Gasteiger partial charge on any atom is 0.218 e. The van der Waals surface area contributed by atoms with Crippen molar-refractivity contribution in [1.82, 2.24) is 19.3 Å². The van der Waals surface area contributed by atoms with E-state index in [9.17, 15) is 8.42 Å². The lowest BCUT2D eigenvalue weighted by Crippen LogP contribution is -2.32. The van der Waals surface area contributed by atoms with Crippen molar-refractivity contribution in [2.75, 3.05) is 11.9 Å². The summed E-state index contributed by atoms with van der Waals surface area (Å²) in [6, 6.07) is 14.5. The molecule has 0 radical (unpaired) electrons. The topological polar surface area (TPSA) is 88.1 Å².